The van der Waals surface area contributed by atoms with Crippen LogP contribution in [0, 0.1) is 19.7 Å². The van der Waals surface area contributed by atoms with Gasteiger partial charge in [-0.25, -0.2) is 13.8 Å². The van der Waals surface area contributed by atoms with Crippen molar-refractivity contribution in [1.29, 1.82) is 0 Å². The third-order valence-corrected chi connectivity index (χ3v) is 8.39. The van der Waals surface area contributed by atoms with E-state index in [1.165, 1.54) is 25.2 Å². The van der Waals surface area contributed by atoms with E-state index in [9.17, 15) is 23.9 Å². The molecule has 1 aliphatic rings. The Hall–Kier alpha value is -4.82. The standard InChI is InChI=1S/C34H30FN3O4/c1-17-14-20(34(3,4)42)15-19-16-25-23(31(36)39)13-12-22(29(25)28(17)19)21-8-7-11-27(18(21)2)38-32(40)24-9-6-10-26(35)30(24)37(5)33(38)41/h6-15,42H,16H2,1-5H3,(H2,36,39). The first kappa shape index (κ1) is 27.4. The van der Waals surface area contributed by atoms with Crippen LogP contribution in [-0.2, 0) is 19.1 Å². The highest BCUT2D eigenvalue weighted by Crippen LogP contribution is 2.48. The van der Waals surface area contributed by atoms with Gasteiger partial charge >= 0.3 is 5.69 Å². The number of benzene rings is 4. The summed E-state index contributed by atoms with van der Waals surface area (Å²) in [6, 6.07) is 17.0. The van der Waals surface area contributed by atoms with E-state index in [0.29, 0.717) is 23.2 Å². The Labute approximate surface area is 241 Å². The Bertz CT molecular complexity index is 2120. The van der Waals surface area contributed by atoms with Crippen LogP contribution in [0.25, 0.3) is 38.8 Å². The third kappa shape index (κ3) is 3.94. The van der Waals surface area contributed by atoms with Gasteiger partial charge in [0.2, 0.25) is 5.91 Å². The lowest BCUT2D eigenvalue weighted by Gasteiger charge is -2.21. The van der Waals surface area contributed by atoms with Crippen molar-refractivity contribution < 1.29 is 14.3 Å². The van der Waals surface area contributed by atoms with Crippen LogP contribution in [0.3, 0.4) is 0 Å². The third-order valence-electron chi connectivity index (χ3n) is 8.39. The highest BCUT2D eigenvalue weighted by molar-refractivity contribution is 6.02. The predicted molar refractivity (Wildman–Crippen MR) is 162 cm³/mol. The lowest BCUT2D eigenvalue weighted by molar-refractivity contribution is 0.0784. The lowest BCUT2D eigenvalue weighted by Crippen LogP contribution is -2.38. The molecule has 0 saturated carbocycles. The van der Waals surface area contributed by atoms with Crippen LogP contribution < -0.4 is 17.0 Å². The number of carbonyl (C=O) groups excluding carboxylic acids is 1. The number of hydrogen-bond acceptors (Lipinski definition) is 4. The highest BCUT2D eigenvalue weighted by Gasteiger charge is 2.31. The molecule has 0 aliphatic heterocycles. The Morgan fingerprint density at radius 3 is 2.38 bits per heavy atom. The van der Waals surface area contributed by atoms with Crippen molar-refractivity contribution >= 4 is 16.8 Å². The summed E-state index contributed by atoms with van der Waals surface area (Å²) in [6.07, 6.45) is 0.469. The summed E-state index contributed by atoms with van der Waals surface area (Å²) in [5.74, 6) is -1.18. The molecule has 3 N–H and O–H groups in total. The van der Waals surface area contributed by atoms with Crippen LogP contribution in [0.4, 0.5) is 4.39 Å². The normalized spacial score (nSPS) is 12.5. The molecule has 0 spiro atoms. The minimum Gasteiger partial charge on any atom is -0.386 e. The Kier molecular flexibility index (Phi) is 6.09. The number of aryl methyl sites for hydroxylation is 2. The summed E-state index contributed by atoms with van der Waals surface area (Å²) in [5.41, 5.74) is 11.8. The second-order valence-corrected chi connectivity index (χ2v) is 11.5. The number of primary amides is 1. The van der Waals surface area contributed by atoms with E-state index in [2.05, 4.69) is 0 Å². The summed E-state index contributed by atoms with van der Waals surface area (Å²) in [4.78, 5) is 39.6. The van der Waals surface area contributed by atoms with Gasteiger partial charge in [0.05, 0.1) is 22.2 Å². The van der Waals surface area contributed by atoms with Crippen LogP contribution in [0.5, 0.6) is 0 Å². The van der Waals surface area contributed by atoms with Gasteiger partial charge in [-0.3, -0.25) is 14.2 Å². The van der Waals surface area contributed by atoms with Crippen molar-refractivity contribution in [3.05, 3.63) is 121 Å². The van der Waals surface area contributed by atoms with E-state index in [1.54, 1.807) is 32.0 Å². The van der Waals surface area contributed by atoms with Gasteiger partial charge < -0.3 is 10.8 Å². The second-order valence-electron chi connectivity index (χ2n) is 11.5. The number of carbonyl (C=O) groups is 1. The number of fused-ring (bicyclic) bond motifs is 4. The van der Waals surface area contributed by atoms with E-state index in [-0.39, 0.29) is 10.9 Å². The van der Waals surface area contributed by atoms with Gasteiger partial charge in [0, 0.05) is 12.6 Å². The number of aromatic nitrogens is 2. The summed E-state index contributed by atoms with van der Waals surface area (Å²) in [7, 11) is 1.44. The first-order chi connectivity index (χ1) is 19.8. The molecule has 0 bridgehead atoms. The van der Waals surface area contributed by atoms with Crippen molar-refractivity contribution in [2.24, 2.45) is 12.8 Å². The van der Waals surface area contributed by atoms with Gasteiger partial charge in [-0.2, -0.15) is 0 Å². The predicted octanol–water partition coefficient (Wildman–Crippen LogP) is 5.01. The molecule has 0 fully saturated rings. The van der Waals surface area contributed by atoms with E-state index in [4.69, 9.17) is 5.73 Å². The van der Waals surface area contributed by atoms with Gasteiger partial charge in [-0.15, -0.1) is 0 Å². The molecule has 4 aromatic carbocycles. The zero-order chi connectivity index (χ0) is 30.2. The maximum atomic E-state index is 14.6. The van der Waals surface area contributed by atoms with Crippen molar-refractivity contribution in [2.45, 2.75) is 39.7 Å². The zero-order valence-electron chi connectivity index (χ0n) is 24.0. The number of para-hydroxylation sites is 1. The minimum atomic E-state index is -1.04. The molecule has 1 aromatic heterocycles. The summed E-state index contributed by atoms with van der Waals surface area (Å²) < 4.78 is 16.8. The van der Waals surface area contributed by atoms with Gasteiger partial charge in [-0.1, -0.05) is 36.4 Å². The van der Waals surface area contributed by atoms with E-state index >= 15 is 0 Å². The zero-order valence-corrected chi connectivity index (χ0v) is 24.0. The molecule has 0 atom stereocenters. The number of amides is 1. The number of hydrogen-bond donors (Lipinski definition) is 2. The Morgan fingerprint density at radius 1 is 0.976 bits per heavy atom. The average Bonchev–Trinajstić information content (AvgIpc) is 3.32. The molecule has 0 radical (unpaired) electrons. The Morgan fingerprint density at radius 2 is 1.69 bits per heavy atom. The monoisotopic (exact) mass is 563 g/mol. The second kappa shape index (κ2) is 9.36. The SMILES string of the molecule is Cc1cc(C(C)(C)O)cc2c1-c1c(-c3cccc(-n4c(=O)c5cccc(F)c5n(C)c4=O)c3C)ccc(C(N)=O)c1C2. The quantitative estimate of drug-likeness (QED) is 0.314. The summed E-state index contributed by atoms with van der Waals surface area (Å²) in [6.45, 7) is 7.28. The van der Waals surface area contributed by atoms with Gasteiger partial charge in [0.15, 0.2) is 0 Å². The molecule has 6 rings (SSSR count). The van der Waals surface area contributed by atoms with Crippen LogP contribution in [0.1, 0.15) is 52.0 Å². The van der Waals surface area contributed by atoms with Gasteiger partial charge in [-0.05, 0) is 108 Å². The Balaban J connectivity index is 1.64. The van der Waals surface area contributed by atoms with E-state index in [1.807, 2.05) is 38.1 Å². The highest BCUT2D eigenvalue weighted by atomic mass is 19.1. The topological polar surface area (TPSA) is 107 Å². The molecule has 5 aromatic rings. The van der Waals surface area contributed by atoms with Crippen molar-refractivity contribution in [2.75, 3.05) is 0 Å². The number of nitrogens with zero attached hydrogens (tertiary/aromatic N) is 2. The number of nitrogens with two attached hydrogens (primary N) is 1. The van der Waals surface area contributed by atoms with E-state index < -0.39 is 28.6 Å². The molecule has 42 heavy (non-hydrogen) atoms. The molecular formula is C34H30FN3O4. The molecule has 7 nitrogen and oxygen atoms in total. The smallest absolute Gasteiger partial charge is 0.335 e. The van der Waals surface area contributed by atoms with Gasteiger partial charge in [0.25, 0.3) is 5.56 Å². The summed E-state index contributed by atoms with van der Waals surface area (Å²) >= 11 is 0. The molecule has 0 saturated heterocycles. The summed E-state index contributed by atoms with van der Waals surface area (Å²) in [5, 5.41) is 10.8. The fourth-order valence-corrected chi connectivity index (χ4v) is 6.33. The van der Waals surface area contributed by atoms with Crippen molar-refractivity contribution in [1.82, 2.24) is 9.13 Å². The number of halogens is 1. The molecule has 1 amide bonds. The minimum absolute atomic E-state index is 0.0464. The maximum Gasteiger partial charge on any atom is 0.335 e. The fraction of sp³-hybridized carbons (Fsp3) is 0.206. The lowest BCUT2D eigenvalue weighted by atomic mass is 9.86. The number of rotatable bonds is 4. The molecule has 1 heterocycles. The van der Waals surface area contributed by atoms with Crippen molar-refractivity contribution in [3.63, 3.8) is 0 Å². The van der Waals surface area contributed by atoms with Crippen molar-refractivity contribution in [3.8, 4) is 27.9 Å². The maximum absolute atomic E-state index is 14.6. The largest absolute Gasteiger partial charge is 0.386 e. The van der Waals surface area contributed by atoms with Crippen LogP contribution in [-0.4, -0.2) is 20.1 Å². The number of aliphatic hydroxyl groups is 1. The molecule has 0 unspecified atom stereocenters. The van der Waals surface area contributed by atoms with Crippen LogP contribution in [0.15, 0.2) is 70.3 Å². The first-order valence-electron chi connectivity index (χ1n) is 13.6. The first-order valence-corrected chi connectivity index (χ1v) is 13.6. The molecular weight excluding hydrogens is 533 g/mol. The molecule has 1 aliphatic carbocycles. The van der Waals surface area contributed by atoms with E-state index in [0.717, 1.165) is 53.6 Å². The van der Waals surface area contributed by atoms with Gasteiger partial charge in [0.1, 0.15) is 5.82 Å². The molecule has 8 heteroatoms. The molecule has 212 valence electrons. The fourth-order valence-electron chi connectivity index (χ4n) is 6.33. The van der Waals surface area contributed by atoms with Crippen LogP contribution >= 0.6 is 0 Å². The van der Waals surface area contributed by atoms with Crippen LogP contribution in [0.2, 0.25) is 0 Å². The average molecular weight is 564 g/mol.